The van der Waals surface area contributed by atoms with Crippen molar-refractivity contribution in [1.82, 2.24) is 25.1 Å². The number of rotatable bonds is 6. The Morgan fingerprint density at radius 3 is 2.72 bits per heavy atom. The molecule has 0 saturated carbocycles. The second kappa shape index (κ2) is 8.96. The normalized spacial score (nSPS) is 20.8. The fourth-order valence-corrected chi connectivity index (χ4v) is 3.36. The number of amides is 1. The molecule has 8 nitrogen and oxygen atoms in total. The highest BCUT2D eigenvalue weighted by molar-refractivity contribution is 5.76. The molecule has 0 atom stereocenters. The Balaban J connectivity index is 1.37. The number of carbonyl (C=O) groups is 1. The van der Waals surface area contributed by atoms with Gasteiger partial charge in [0, 0.05) is 64.3 Å². The molecule has 0 aromatic carbocycles. The number of carbonyl (C=O) groups excluding carboxylic acids is 1. The summed E-state index contributed by atoms with van der Waals surface area (Å²) in [5.41, 5.74) is 0. The van der Waals surface area contributed by atoms with E-state index in [4.69, 9.17) is 4.74 Å². The summed E-state index contributed by atoms with van der Waals surface area (Å²) in [6.07, 6.45) is 4.35. The molecule has 8 heteroatoms. The van der Waals surface area contributed by atoms with Crippen molar-refractivity contribution in [1.29, 1.82) is 0 Å². The minimum atomic E-state index is 0.177. The minimum Gasteiger partial charge on any atom is -0.481 e. The molecule has 2 N–H and O–H groups in total. The molecule has 0 bridgehead atoms. The van der Waals surface area contributed by atoms with E-state index in [9.17, 15) is 4.79 Å². The zero-order chi connectivity index (χ0) is 17.5. The Bertz CT molecular complexity index is 562. The van der Waals surface area contributed by atoms with Gasteiger partial charge in [-0.15, -0.1) is 0 Å². The molecular formula is C17H28N6O2. The monoisotopic (exact) mass is 348 g/mol. The molecule has 1 aromatic heterocycles. The maximum atomic E-state index is 11.4. The van der Waals surface area contributed by atoms with Crippen LogP contribution in [0.15, 0.2) is 12.4 Å². The molecule has 3 heterocycles. The lowest BCUT2D eigenvalue weighted by atomic mass is 10.1. The lowest BCUT2D eigenvalue weighted by Crippen LogP contribution is -2.43. The van der Waals surface area contributed by atoms with Crippen molar-refractivity contribution in [3.05, 3.63) is 12.4 Å². The first-order valence-corrected chi connectivity index (χ1v) is 9.07. The van der Waals surface area contributed by atoms with Crippen LogP contribution in [0.25, 0.3) is 0 Å². The fraction of sp³-hybridized carbons (Fsp3) is 0.706. The topological polar surface area (TPSA) is 82.6 Å². The van der Waals surface area contributed by atoms with Crippen molar-refractivity contribution < 1.29 is 9.53 Å². The van der Waals surface area contributed by atoms with Gasteiger partial charge >= 0.3 is 0 Å². The standard InChI is InChI=1S/C17H28N6O2/c1-25-17-12-15(19-13-20-17)21-14-2-6-22(7-3-14)10-11-23-8-4-16(24)18-5-9-23/h12-14H,2-11H2,1H3,(H,18,24)(H,19,20,21). The second-order valence-corrected chi connectivity index (χ2v) is 6.65. The van der Waals surface area contributed by atoms with Crippen molar-refractivity contribution in [2.45, 2.75) is 25.3 Å². The van der Waals surface area contributed by atoms with E-state index in [0.717, 1.165) is 64.5 Å². The highest BCUT2D eigenvalue weighted by atomic mass is 16.5. The molecule has 25 heavy (non-hydrogen) atoms. The first-order valence-electron chi connectivity index (χ1n) is 9.07. The number of piperidine rings is 1. The summed E-state index contributed by atoms with van der Waals surface area (Å²) in [4.78, 5) is 24.6. The fourth-order valence-electron chi connectivity index (χ4n) is 3.36. The third-order valence-electron chi connectivity index (χ3n) is 4.93. The smallest absolute Gasteiger partial charge is 0.221 e. The van der Waals surface area contributed by atoms with Crippen LogP contribution in [0, 0.1) is 0 Å². The van der Waals surface area contributed by atoms with Gasteiger partial charge in [0.05, 0.1) is 7.11 Å². The van der Waals surface area contributed by atoms with Crippen molar-refractivity contribution in [3.8, 4) is 5.88 Å². The van der Waals surface area contributed by atoms with Gasteiger partial charge in [0.1, 0.15) is 12.1 Å². The molecule has 2 aliphatic rings. The first kappa shape index (κ1) is 17.9. The summed E-state index contributed by atoms with van der Waals surface area (Å²) < 4.78 is 5.14. The number of anilines is 1. The van der Waals surface area contributed by atoms with Gasteiger partial charge in [-0.3, -0.25) is 9.69 Å². The van der Waals surface area contributed by atoms with E-state index in [0.29, 0.717) is 18.3 Å². The number of hydrogen-bond acceptors (Lipinski definition) is 7. The number of methoxy groups -OCH3 is 1. The highest BCUT2D eigenvalue weighted by Gasteiger charge is 2.20. The predicted molar refractivity (Wildman–Crippen MR) is 95.7 cm³/mol. The summed E-state index contributed by atoms with van der Waals surface area (Å²) >= 11 is 0. The number of aromatic nitrogens is 2. The Kier molecular flexibility index (Phi) is 6.41. The second-order valence-electron chi connectivity index (χ2n) is 6.65. The first-order chi connectivity index (χ1) is 12.2. The molecule has 0 radical (unpaired) electrons. The SMILES string of the molecule is COc1cc(NC2CCN(CCN3CCNC(=O)CC3)CC2)ncn1. The molecule has 138 valence electrons. The Morgan fingerprint density at radius 1 is 1.20 bits per heavy atom. The van der Waals surface area contributed by atoms with Gasteiger partial charge < -0.3 is 20.3 Å². The van der Waals surface area contributed by atoms with Gasteiger partial charge in [-0.25, -0.2) is 9.97 Å². The predicted octanol–water partition coefficient (Wildman–Crippen LogP) is 0.183. The number of likely N-dealkylation sites (tertiary alicyclic amines) is 1. The number of hydrogen-bond donors (Lipinski definition) is 2. The number of nitrogens with zero attached hydrogens (tertiary/aromatic N) is 4. The molecule has 0 aliphatic carbocycles. The van der Waals surface area contributed by atoms with Crippen molar-refractivity contribution >= 4 is 11.7 Å². The van der Waals surface area contributed by atoms with Crippen LogP contribution in [0.3, 0.4) is 0 Å². The van der Waals surface area contributed by atoms with E-state index >= 15 is 0 Å². The van der Waals surface area contributed by atoms with E-state index in [1.165, 1.54) is 6.33 Å². The van der Waals surface area contributed by atoms with Crippen LogP contribution >= 0.6 is 0 Å². The molecular weight excluding hydrogens is 320 g/mol. The average molecular weight is 348 g/mol. The minimum absolute atomic E-state index is 0.177. The zero-order valence-electron chi connectivity index (χ0n) is 14.9. The molecule has 0 spiro atoms. The van der Waals surface area contributed by atoms with Crippen LogP contribution < -0.4 is 15.4 Å². The summed E-state index contributed by atoms with van der Waals surface area (Å²) in [6, 6.07) is 2.27. The average Bonchev–Trinajstić information content (AvgIpc) is 2.85. The Hall–Kier alpha value is -1.93. The number of nitrogens with one attached hydrogen (secondary N) is 2. The summed E-state index contributed by atoms with van der Waals surface area (Å²) in [6.45, 7) is 6.89. The molecule has 2 saturated heterocycles. The van der Waals surface area contributed by atoms with E-state index in [1.807, 2.05) is 6.07 Å². The highest BCUT2D eigenvalue weighted by Crippen LogP contribution is 2.17. The van der Waals surface area contributed by atoms with Gasteiger partial charge in [-0.1, -0.05) is 0 Å². The van der Waals surface area contributed by atoms with E-state index in [2.05, 4.69) is 30.4 Å². The van der Waals surface area contributed by atoms with Crippen LogP contribution in [-0.4, -0.2) is 84.6 Å². The van der Waals surface area contributed by atoms with Crippen LogP contribution in [0.1, 0.15) is 19.3 Å². The third kappa shape index (κ3) is 5.54. The molecule has 1 amide bonds. The summed E-state index contributed by atoms with van der Waals surface area (Å²) in [5, 5.41) is 6.41. The third-order valence-corrected chi connectivity index (χ3v) is 4.93. The van der Waals surface area contributed by atoms with Gasteiger partial charge in [0.2, 0.25) is 11.8 Å². The molecule has 2 fully saturated rings. The van der Waals surface area contributed by atoms with Crippen LogP contribution in [0.4, 0.5) is 5.82 Å². The largest absolute Gasteiger partial charge is 0.481 e. The number of ether oxygens (including phenoxy) is 1. The maximum absolute atomic E-state index is 11.4. The molecule has 0 unspecified atom stereocenters. The Labute approximate surface area is 148 Å². The summed E-state index contributed by atoms with van der Waals surface area (Å²) in [5.74, 6) is 1.59. The van der Waals surface area contributed by atoms with Crippen LogP contribution in [-0.2, 0) is 4.79 Å². The zero-order valence-corrected chi connectivity index (χ0v) is 14.9. The molecule has 2 aliphatic heterocycles. The van der Waals surface area contributed by atoms with E-state index in [1.54, 1.807) is 7.11 Å². The van der Waals surface area contributed by atoms with Gasteiger partial charge in [0.15, 0.2) is 0 Å². The maximum Gasteiger partial charge on any atom is 0.221 e. The van der Waals surface area contributed by atoms with Crippen molar-refractivity contribution in [2.24, 2.45) is 0 Å². The van der Waals surface area contributed by atoms with Gasteiger partial charge in [0.25, 0.3) is 0 Å². The van der Waals surface area contributed by atoms with Crippen molar-refractivity contribution in [3.63, 3.8) is 0 Å². The molecule has 1 aromatic rings. The van der Waals surface area contributed by atoms with E-state index in [-0.39, 0.29) is 5.91 Å². The van der Waals surface area contributed by atoms with Gasteiger partial charge in [-0.2, -0.15) is 0 Å². The Morgan fingerprint density at radius 2 is 1.96 bits per heavy atom. The lowest BCUT2D eigenvalue weighted by molar-refractivity contribution is -0.120. The molecule has 3 rings (SSSR count). The van der Waals surface area contributed by atoms with Crippen LogP contribution in [0.5, 0.6) is 5.88 Å². The van der Waals surface area contributed by atoms with Gasteiger partial charge in [-0.05, 0) is 12.8 Å². The van der Waals surface area contributed by atoms with Crippen LogP contribution in [0.2, 0.25) is 0 Å². The van der Waals surface area contributed by atoms with Crippen molar-refractivity contribution in [2.75, 3.05) is 58.2 Å². The van der Waals surface area contributed by atoms with E-state index < -0.39 is 0 Å². The quantitative estimate of drug-likeness (QED) is 0.759. The lowest BCUT2D eigenvalue weighted by Gasteiger charge is -2.33. The summed E-state index contributed by atoms with van der Waals surface area (Å²) in [7, 11) is 1.61.